The molecule has 0 bridgehead atoms. The van der Waals surface area contributed by atoms with E-state index in [0.717, 1.165) is 135 Å². The number of hydrogen-bond acceptors (Lipinski definition) is 6. The summed E-state index contributed by atoms with van der Waals surface area (Å²) >= 11 is 0. The second kappa shape index (κ2) is 62.4. The smallest absolute Gasteiger partial charge is 0.306 e. The van der Waals surface area contributed by atoms with E-state index in [0.29, 0.717) is 19.3 Å². The number of unbranched alkanes of at least 4 members (excludes halogenated alkanes) is 24. The lowest BCUT2D eigenvalue weighted by molar-refractivity contribution is -0.167. The van der Waals surface area contributed by atoms with Crippen LogP contribution in [0.4, 0.5) is 0 Å². The molecule has 0 radical (unpaired) electrons. The van der Waals surface area contributed by atoms with E-state index >= 15 is 0 Å². The van der Waals surface area contributed by atoms with Gasteiger partial charge in [-0.1, -0.05) is 251 Å². The minimum Gasteiger partial charge on any atom is -0.462 e. The van der Waals surface area contributed by atoms with E-state index in [-0.39, 0.29) is 31.1 Å². The Hall–Kier alpha value is -4.19. The molecule has 0 amide bonds. The summed E-state index contributed by atoms with van der Waals surface area (Å²) in [5, 5.41) is 0. The van der Waals surface area contributed by atoms with Crippen molar-refractivity contribution < 1.29 is 28.6 Å². The van der Waals surface area contributed by atoms with Gasteiger partial charge in [0.25, 0.3) is 0 Å². The molecule has 6 heteroatoms. The van der Waals surface area contributed by atoms with Crippen LogP contribution in [0.2, 0.25) is 0 Å². The second-order valence-electron chi connectivity index (χ2n) is 20.2. The molecule has 6 nitrogen and oxygen atoms in total. The van der Waals surface area contributed by atoms with Gasteiger partial charge in [-0.15, -0.1) is 0 Å². The highest BCUT2D eigenvalue weighted by Gasteiger charge is 2.19. The number of ether oxygens (including phenoxy) is 3. The molecule has 1 atom stereocenters. The van der Waals surface area contributed by atoms with E-state index < -0.39 is 6.10 Å². The molecule has 0 rings (SSSR count). The molecular formula is C69H114O6. The molecule has 0 N–H and O–H groups in total. The van der Waals surface area contributed by atoms with Crippen molar-refractivity contribution in [2.45, 2.75) is 284 Å². The monoisotopic (exact) mass is 1040 g/mol. The van der Waals surface area contributed by atoms with Crippen molar-refractivity contribution in [2.75, 3.05) is 13.2 Å². The lowest BCUT2D eigenvalue weighted by Crippen LogP contribution is -2.30. The van der Waals surface area contributed by atoms with Crippen molar-refractivity contribution >= 4 is 17.9 Å². The highest BCUT2D eigenvalue weighted by atomic mass is 16.6. The number of carbonyl (C=O) groups is 3. The van der Waals surface area contributed by atoms with E-state index in [1.165, 1.54) is 103 Å². The number of carbonyl (C=O) groups excluding carboxylic acids is 3. The Balaban J connectivity index is 4.22. The van der Waals surface area contributed by atoms with Crippen LogP contribution in [0.3, 0.4) is 0 Å². The standard InChI is InChI=1S/C69H114O6/c1-4-7-10-13-16-19-22-24-25-26-27-28-29-30-31-32-33-34-35-36-37-38-39-40-41-42-43-45-47-50-53-56-59-62-68(71)74-65-66(64-73-67(70)61-58-55-52-49-46-21-18-15-12-9-6-3)75-69(72)63-60-57-54-51-48-44-23-20-17-14-11-8-5-2/h7,10,15-16,18-20,23-25,27-28,30-31,33-34,36-37,39-40,66H,4-6,8-9,11-14,17,21-22,26,29,32,35,38,41-65H2,1-3H3/b10-7-,18-15-,19-16-,23-20-,25-24-,28-27-,31-30-,34-33-,37-36-,40-39-. The molecule has 0 aliphatic rings. The fourth-order valence-corrected chi connectivity index (χ4v) is 8.26. The topological polar surface area (TPSA) is 78.9 Å². The Morgan fingerprint density at radius 3 is 0.867 bits per heavy atom. The predicted molar refractivity (Wildman–Crippen MR) is 325 cm³/mol. The summed E-state index contributed by atoms with van der Waals surface area (Å²) in [6, 6.07) is 0. The molecule has 1 unspecified atom stereocenters. The zero-order chi connectivity index (χ0) is 54.3. The van der Waals surface area contributed by atoms with Crippen LogP contribution in [0.1, 0.15) is 278 Å². The molecule has 0 aliphatic carbocycles. The first kappa shape index (κ1) is 70.8. The lowest BCUT2D eigenvalue weighted by atomic mass is 10.1. The number of allylic oxidation sites excluding steroid dienone is 20. The first-order valence-electron chi connectivity index (χ1n) is 31.0. The molecule has 0 fully saturated rings. The fourth-order valence-electron chi connectivity index (χ4n) is 8.26. The van der Waals surface area contributed by atoms with Crippen molar-refractivity contribution in [3.63, 3.8) is 0 Å². The van der Waals surface area contributed by atoms with Crippen LogP contribution in [0.15, 0.2) is 122 Å². The van der Waals surface area contributed by atoms with Crippen LogP contribution in [0.5, 0.6) is 0 Å². The first-order chi connectivity index (χ1) is 37.0. The summed E-state index contributed by atoms with van der Waals surface area (Å²) < 4.78 is 16.8. The zero-order valence-corrected chi connectivity index (χ0v) is 48.8. The first-order valence-corrected chi connectivity index (χ1v) is 31.0. The van der Waals surface area contributed by atoms with Crippen LogP contribution < -0.4 is 0 Å². The second-order valence-corrected chi connectivity index (χ2v) is 20.2. The predicted octanol–water partition coefficient (Wildman–Crippen LogP) is 21.2. The van der Waals surface area contributed by atoms with Gasteiger partial charge < -0.3 is 14.2 Å². The van der Waals surface area contributed by atoms with Gasteiger partial charge in [0.05, 0.1) is 0 Å². The molecule has 0 aromatic rings. The van der Waals surface area contributed by atoms with Crippen LogP contribution in [-0.4, -0.2) is 37.2 Å². The third-order valence-electron chi connectivity index (χ3n) is 12.9. The quantitative estimate of drug-likeness (QED) is 0.0261. The molecular weight excluding hydrogens is 925 g/mol. The summed E-state index contributed by atoms with van der Waals surface area (Å²) in [4.78, 5) is 38.1. The minimum atomic E-state index is -0.790. The Bertz CT molecular complexity index is 1570. The van der Waals surface area contributed by atoms with Gasteiger partial charge in [-0.05, 0) is 128 Å². The maximum absolute atomic E-state index is 12.8. The van der Waals surface area contributed by atoms with Gasteiger partial charge in [0.2, 0.25) is 0 Å². The molecule has 0 saturated carbocycles. The van der Waals surface area contributed by atoms with E-state index in [4.69, 9.17) is 14.2 Å². The van der Waals surface area contributed by atoms with E-state index in [9.17, 15) is 14.4 Å². The van der Waals surface area contributed by atoms with Crippen molar-refractivity contribution in [2.24, 2.45) is 0 Å². The van der Waals surface area contributed by atoms with Crippen LogP contribution in [-0.2, 0) is 28.6 Å². The molecule has 426 valence electrons. The highest BCUT2D eigenvalue weighted by Crippen LogP contribution is 2.14. The van der Waals surface area contributed by atoms with Gasteiger partial charge in [0.15, 0.2) is 6.10 Å². The van der Waals surface area contributed by atoms with Gasteiger partial charge in [-0.25, -0.2) is 0 Å². The Kier molecular flexibility index (Phi) is 58.9. The normalized spacial score (nSPS) is 12.9. The lowest BCUT2D eigenvalue weighted by Gasteiger charge is -2.18. The van der Waals surface area contributed by atoms with E-state index in [2.05, 4.69) is 142 Å². The van der Waals surface area contributed by atoms with Crippen LogP contribution in [0.25, 0.3) is 0 Å². The molecule has 75 heavy (non-hydrogen) atoms. The van der Waals surface area contributed by atoms with Crippen LogP contribution in [0, 0.1) is 0 Å². The summed E-state index contributed by atoms with van der Waals surface area (Å²) in [5.74, 6) is -0.915. The molecule has 0 aromatic heterocycles. The van der Waals surface area contributed by atoms with Crippen molar-refractivity contribution in [3.05, 3.63) is 122 Å². The summed E-state index contributed by atoms with van der Waals surface area (Å²) in [6.07, 6.45) is 86.4. The van der Waals surface area contributed by atoms with Gasteiger partial charge in [-0.2, -0.15) is 0 Å². The van der Waals surface area contributed by atoms with Gasteiger partial charge in [0.1, 0.15) is 13.2 Å². The summed E-state index contributed by atoms with van der Waals surface area (Å²) in [5.41, 5.74) is 0. The Morgan fingerprint density at radius 2 is 0.533 bits per heavy atom. The van der Waals surface area contributed by atoms with Crippen molar-refractivity contribution in [1.29, 1.82) is 0 Å². The SMILES string of the molecule is CC/C=C\C/C=C\C/C=C\C/C=C\C/C=C\C/C=C\C/C=C\C/C=C\CCCCCCCCCCC(=O)OCC(COC(=O)CCCCCCC/C=C\CCCC)OC(=O)CCCCCCC/C=C\CCCCCC. The average molecular weight is 1040 g/mol. The fraction of sp³-hybridized carbons (Fsp3) is 0.667. The minimum absolute atomic E-state index is 0.0890. The third kappa shape index (κ3) is 60.6. The summed E-state index contributed by atoms with van der Waals surface area (Å²) in [7, 11) is 0. The Morgan fingerprint density at radius 1 is 0.280 bits per heavy atom. The maximum atomic E-state index is 12.8. The Labute approximate surface area is 462 Å². The maximum Gasteiger partial charge on any atom is 0.306 e. The molecule has 0 aromatic carbocycles. The molecule has 0 saturated heterocycles. The zero-order valence-electron chi connectivity index (χ0n) is 48.8. The average Bonchev–Trinajstić information content (AvgIpc) is 3.41. The van der Waals surface area contributed by atoms with Crippen molar-refractivity contribution in [3.8, 4) is 0 Å². The third-order valence-corrected chi connectivity index (χ3v) is 12.9. The molecule has 0 aliphatic heterocycles. The van der Waals surface area contributed by atoms with E-state index in [1.54, 1.807) is 0 Å². The van der Waals surface area contributed by atoms with E-state index in [1.807, 2.05) is 0 Å². The summed E-state index contributed by atoms with van der Waals surface area (Å²) in [6.45, 7) is 6.45. The highest BCUT2D eigenvalue weighted by molar-refractivity contribution is 5.71. The molecule has 0 spiro atoms. The number of rotatable bonds is 55. The van der Waals surface area contributed by atoms with Crippen LogP contribution >= 0.6 is 0 Å². The number of esters is 3. The number of hydrogen-bond donors (Lipinski definition) is 0. The molecule has 0 heterocycles. The largest absolute Gasteiger partial charge is 0.462 e. The van der Waals surface area contributed by atoms with Gasteiger partial charge >= 0.3 is 17.9 Å². The van der Waals surface area contributed by atoms with Crippen molar-refractivity contribution in [1.82, 2.24) is 0 Å². The van der Waals surface area contributed by atoms with Gasteiger partial charge in [-0.3, -0.25) is 14.4 Å². The van der Waals surface area contributed by atoms with Gasteiger partial charge in [0, 0.05) is 19.3 Å².